The lowest BCUT2D eigenvalue weighted by molar-refractivity contribution is 1.25. The van der Waals surface area contributed by atoms with Gasteiger partial charge < -0.3 is 4.72 Å². The van der Waals surface area contributed by atoms with Gasteiger partial charge in [0.1, 0.15) is 0 Å². The van der Waals surface area contributed by atoms with Gasteiger partial charge in [-0.1, -0.05) is 65.7 Å². The van der Waals surface area contributed by atoms with Crippen molar-refractivity contribution in [1.82, 2.24) is 4.72 Å². The summed E-state index contributed by atoms with van der Waals surface area (Å²) in [5, 5.41) is 0. The molecule has 1 rings (SSSR count). The zero-order chi connectivity index (χ0) is 13.8. The fraction of sp³-hybridized carbons (Fsp3) is 0.333. The Labute approximate surface area is 111 Å². The van der Waals surface area contributed by atoms with Crippen molar-refractivity contribution in [2.45, 2.75) is 34.6 Å². The molecule has 0 saturated carbocycles. The molecule has 0 unspecified atom stereocenters. The molecule has 0 aliphatic carbocycles. The van der Waals surface area contributed by atoms with Crippen LogP contribution in [0.1, 0.15) is 34.6 Å². The monoisotopic (exact) mass is 251 g/mol. The molecule has 0 aromatic rings. The predicted molar refractivity (Wildman–Crippen MR) is 83.7 cm³/mol. The van der Waals surface area contributed by atoms with Crippen LogP contribution in [-0.2, 0) is 0 Å². The van der Waals surface area contributed by atoms with E-state index in [0.717, 1.165) is 21.7 Å². The molecule has 0 radical (unpaired) electrons. The minimum atomic E-state index is 1.02. The average Bonchev–Trinajstić information content (AvgIpc) is 2.78. The molecule has 1 fully saturated rings. The van der Waals surface area contributed by atoms with Gasteiger partial charge in [-0.05, 0) is 24.4 Å². The third-order valence-corrected chi connectivity index (χ3v) is 2.62. The summed E-state index contributed by atoms with van der Waals surface area (Å²) in [5.74, 6) is 0. The number of rotatable bonds is 2. The molecule has 1 saturated heterocycles. The van der Waals surface area contributed by atoms with Crippen LogP contribution in [0.25, 0.3) is 0 Å². The second kappa shape index (κ2) is 11.3. The Bertz CT molecular complexity index is 312. The molecule has 96 valence electrons. The Hall–Kier alpha value is -1.15. The lowest BCUT2D eigenvalue weighted by Crippen LogP contribution is -1.96. The highest BCUT2D eigenvalue weighted by atomic mass is 32.2. The first kappa shape index (κ1) is 18.2. The second-order valence-corrected chi connectivity index (χ2v) is 3.47. The van der Waals surface area contributed by atoms with Gasteiger partial charge in [0, 0.05) is 16.2 Å². The quantitative estimate of drug-likeness (QED) is 0.662. The fourth-order valence-corrected chi connectivity index (χ4v) is 1.96. The number of nitrogens with one attached hydrogen (secondary N) is 1. The molecule has 1 N–H and O–H groups in total. The van der Waals surface area contributed by atoms with Crippen molar-refractivity contribution in [1.29, 1.82) is 0 Å². The van der Waals surface area contributed by atoms with Crippen molar-refractivity contribution in [3.8, 4) is 0 Å². The summed E-state index contributed by atoms with van der Waals surface area (Å²) >= 11 is 1.53. The third-order valence-electron chi connectivity index (χ3n) is 1.85. The maximum Gasteiger partial charge on any atom is 0.0490 e. The van der Waals surface area contributed by atoms with Gasteiger partial charge in [-0.25, -0.2) is 0 Å². The van der Waals surface area contributed by atoms with E-state index in [1.165, 1.54) is 11.9 Å². The number of hydrogen-bond donors (Lipinski definition) is 1. The van der Waals surface area contributed by atoms with Gasteiger partial charge in [-0.15, -0.1) is 0 Å². The van der Waals surface area contributed by atoms with E-state index < -0.39 is 0 Å². The van der Waals surface area contributed by atoms with E-state index in [-0.39, 0.29) is 0 Å². The Balaban J connectivity index is 0. The van der Waals surface area contributed by atoms with Gasteiger partial charge in [0.05, 0.1) is 0 Å². The molecule has 2 heteroatoms. The number of hydrogen-bond acceptors (Lipinski definition) is 2. The molecule has 17 heavy (non-hydrogen) atoms. The van der Waals surface area contributed by atoms with Crippen LogP contribution in [-0.4, -0.2) is 0 Å². The summed E-state index contributed by atoms with van der Waals surface area (Å²) in [6.07, 6.45) is 5.61. The molecule has 0 spiro atoms. The van der Waals surface area contributed by atoms with Crippen LogP contribution < -0.4 is 4.72 Å². The zero-order valence-electron chi connectivity index (χ0n) is 11.8. The lowest BCUT2D eigenvalue weighted by Gasteiger charge is -2.02. The molecule has 0 bridgehead atoms. The number of allylic oxidation sites excluding steroid dienone is 5. The highest BCUT2D eigenvalue weighted by molar-refractivity contribution is 8.02. The van der Waals surface area contributed by atoms with Crippen molar-refractivity contribution in [2.75, 3.05) is 0 Å². The van der Waals surface area contributed by atoms with Crippen molar-refractivity contribution in [3.63, 3.8) is 0 Å². The van der Waals surface area contributed by atoms with Gasteiger partial charge >= 0.3 is 0 Å². The first-order valence-electron chi connectivity index (χ1n) is 6.02. The maximum absolute atomic E-state index is 3.96. The molecule has 1 heterocycles. The van der Waals surface area contributed by atoms with Crippen LogP contribution >= 0.6 is 11.9 Å². The van der Waals surface area contributed by atoms with Crippen LogP contribution in [0, 0.1) is 0 Å². The lowest BCUT2D eigenvalue weighted by atomic mass is 10.1. The fourth-order valence-electron chi connectivity index (χ4n) is 1.18. The smallest absolute Gasteiger partial charge is 0.0490 e. The van der Waals surface area contributed by atoms with Crippen molar-refractivity contribution < 1.29 is 0 Å². The third kappa shape index (κ3) is 5.14. The van der Waals surface area contributed by atoms with Crippen molar-refractivity contribution >= 4 is 11.9 Å². The van der Waals surface area contributed by atoms with Crippen molar-refractivity contribution in [3.05, 3.63) is 59.7 Å². The largest absolute Gasteiger partial charge is 0.325 e. The molecular weight excluding hydrogens is 226 g/mol. The van der Waals surface area contributed by atoms with Crippen LogP contribution in [0.4, 0.5) is 0 Å². The van der Waals surface area contributed by atoms with Gasteiger partial charge in [0.2, 0.25) is 0 Å². The summed E-state index contributed by atoms with van der Waals surface area (Å²) in [7, 11) is 0. The molecule has 0 aromatic carbocycles. The summed E-state index contributed by atoms with van der Waals surface area (Å²) < 4.78 is 3.18. The molecule has 1 aliphatic heterocycles. The van der Waals surface area contributed by atoms with E-state index in [4.69, 9.17) is 0 Å². The summed E-state index contributed by atoms with van der Waals surface area (Å²) in [6.45, 7) is 21.4. The van der Waals surface area contributed by atoms with Crippen LogP contribution in [0.15, 0.2) is 59.7 Å². The van der Waals surface area contributed by atoms with Crippen molar-refractivity contribution in [2.24, 2.45) is 0 Å². The van der Waals surface area contributed by atoms with Crippen LogP contribution in [0.2, 0.25) is 0 Å². The summed E-state index contributed by atoms with van der Waals surface area (Å²) in [4.78, 5) is 1.02. The first-order chi connectivity index (χ1) is 8.24. The highest BCUT2D eigenvalue weighted by Crippen LogP contribution is 2.36. The van der Waals surface area contributed by atoms with Gasteiger partial charge in [0.25, 0.3) is 0 Å². The summed E-state index contributed by atoms with van der Waals surface area (Å²) in [5.41, 5.74) is 3.22. The Morgan fingerprint density at radius 1 is 1.12 bits per heavy atom. The predicted octanol–water partition coefficient (Wildman–Crippen LogP) is 5.38. The molecule has 0 aromatic heterocycles. The maximum atomic E-state index is 3.96. The molecule has 1 nitrogen and oxygen atoms in total. The van der Waals surface area contributed by atoms with E-state index >= 15 is 0 Å². The molecular formula is C15H25NS. The van der Waals surface area contributed by atoms with Gasteiger partial charge in [-0.2, -0.15) is 0 Å². The zero-order valence-corrected chi connectivity index (χ0v) is 12.6. The van der Waals surface area contributed by atoms with E-state index in [1.807, 2.05) is 40.7 Å². The van der Waals surface area contributed by atoms with Crippen LogP contribution in [0.5, 0.6) is 0 Å². The van der Waals surface area contributed by atoms with E-state index in [0.29, 0.717) is 0 Å². The van der Waals surface area contributed by atoms with E-state index in [2.05, 4.69) is 24.5 Å². The van der Waals surface area contributed by atoms with Crippen LogP contribution in [0.3, 0.4) is 0 Å². The Morgan fingerprint density at radius 2 is 1.59 bits per heavy atom. The summed E-state index contributed by atoms with van der Waals surface area (Å²) in [6, 6.07) is 0. The Kier molecular flexibility index (Phi) is 12.2. The normalized spacial score (nSPS) is 15.0. The average molecular weight is 251 g/mol. The highest BCUT2D eigenvalue weighted by Gasteiger charge is 2.19. The molecule has 1 aliphatic rings. The second-order valence-electron chi connectivity index (χ2n) is 2.57. The minimum Gasteiger partial charge on any atom is -0.325 e. The standard InChI is InChI=1S/C11H13NS.2C2H6/c1-5-9(6-2)11-8(4)13-12-10(11)7-3;2*1-2/h5-7,12H,1-2,4H2,3H3;2*1-2H3/b10-7+;;. The SMILES string of the molecule is C=CC(C=C)=C1C(=C)SN/C1=C/C.CC.CC. The van der Waals surface area contributed by atoms with Gasteiger partial charge in [0.15, 0.2) is 0 Å². The molecule has 0 atom stereocenters. The van der Waals surface area contributed by atoms with E-state index in [9.17, 15) is 0 Å². The minimum absolute atomic E-state index is 1.02. The Morgan fingerprint density at radius 3 is 1.94 bits per heavy atom. The topological polar surface area (TPSA) is 12.0 Å². The van der Waals surface area contributed by atoms with E-state index in [1.54, 1.807) is 12.2 Å². The molecule has 0 amide bonds. The first-order valence-corrected chi connectivity index (χ1v) is 6.84. The van der Waals surface area contributed by atoms with Gasteiger partial charge in [-0.3, -0.25) is 0 Å².